The van der Waals surface area contributed by atoms with E-state index in [4.69, 9.17) is 0 Å². The Kier molecular flexibility index (Phi) is 5.42. The van der Waals surface area contributed by atoms with Crippen LogP contribution in [-0.2, 0) is 9.59 Å². The Labute approximate surface area is 150 Å². The number of hydrogen-bond donors (Lipinski definition) is 0. The fourth-order valence-electron chi connectivity index (χ4n) is 4.03. The van der Waals surface area contributed by atoms with Crippen LogP contribution in [0.3, 0.4) is 0 Å². The number of amides is 2. The zero-order chi connectivity index (χ0) is 18.0. The van der Waals surface area contributed by atoms with Gasteiger partial charge in [-0.25, -0.2) is 0 Å². The van der Waals surface area contributed by atoms with Crippen molar-refractivity contribution in [2.24, 2.45) is 5.92 Å². The van der Waals surface area contributed by atoms with Crippen LogP contribution in [0.1, 0.15) is 37.8 Å². The third-order valence-corrected chi connectivity index (χ3v) is 5.84. The van der Waals surface area contributed by atoms with E-state index in [9.17, 15) is 9.59 Å². The van der Waals surface area contributed by atoms with E-state index in [-0.39, 0.29) is 23.8 Å². The summed E-state index contributed by atoms with van der Waals surface area (Å²) in [5.74, 6) is 0.0143. The smallest absolute Gasteiger partial charge is 0.227 e. The highest BCUT2D eigenvalue weighted by Crippen LogP contribution is 2.30. The molecule has 0 radical (unpaired) electrons. The van der Waals surface area contributed by atoms with Crippen molar-refractivity contribution < 1.29 is 9.59 Å². The summed E-state index contributed by atoms with van der Waals surface area (Å²) in [7, 11) is 4.03. The molecule has 0 bridgehead atoms. The largest absolute Gasteiger partial charge is 0.342 e. The second-order valence-corrected chi connectivity index (χ2v) is 7.52. The van der Waals surface area contributed by atoms with Crippen molar-refractivity contribution >= 4 is 11.8 Å². The molecule has 0 aliphatic carbocycles. The topological polar surface area (TPSA) is 43.9 Å². The SMILES string of the molecule is C[C@H](c1ccccc1)N1C[C@H](C(=O)N(C)C2CCN(C)CC2)CC1=O. The van der Waals surface area contributed by atoms with Gasteiger partial charge in [0, 0.05) is 26.1 Å². The molecule has 25 heavy (non-hydrogen) atoms. The molecule has 2 heterocycles. The van der Waals surface area contributed by atoms with Crippen LogP contribution in [0.5, 0.6) is 0 Å². The number of carbonyl (C=O) groups is 2. The summed E-state index contributed by atoms with van der Waals surface area (Å²) >= 11 is 0. The first-order chi connectivity index (χ1) is 12.0. The molecule has 2 aliphatic heterocycles. The van der Waals surface area contributed by atoms with E-state index in [1.165, 1.54) is 0 Å². The van der Waals surface area contributed by atoms with E-state index >= 15 is 0 Å². The van der Waals surface area contributed by atoms with Crippen molar-refractivity contribution in [3.63, 3.8) is 0 Å². The number of likely N-dealkylation sites (tertiary alicyclic amines) is 2. The molecular formula is C20H29N3O2. The molecule has 3 rings (SSSR count). The Bertz CT molecular complexity index is 611. The molecule has 2 amide bonds. The molecule has 2 saturated heterocycles. The molecule has 5 heteroatoms. The van der Waals surface area contributed by atoms with Gasteiger partial charge in [0.05, 0.1) is 12.0 Å². The average molecular weight is 343 g/mol. The molecule has 0 saturated carbocycles. The summed E-state index contributed by atoms with van der Waals surface area (Å²) in [6.07, 6.45) is 2.38. The first-order valence-electron chi connectivity index (χ1n) is 9.27. The fourth-order valence-corrected chi connectivity index (χ4v) is 4.03. The lowest BCUT2D eigenvalue weighted by molar-refractivity contribution is -0.137. The van der Waals surface area contributed by atoms with E-state index in [1.54, 1.807) is 0 Å². The minimum Gasteiger partial charge on any atom is -0.342 e. The predicted octanol–water partition coefficient (Wildman–Crippen LogP) is 2.15. The van der Waals surface area contributed by atoms with Gasteiger partial charge in [-0.2, -0.15) is 0 Å². The minimum absolute atomic E-state index is 0.0140. The lowest BCUT2D eigenvalue weighted by Crippen LogP contribution is -2.46. The minimum atomic E-state index is -0.205. The van der Waals surface area contributed by atoms with Crippen molar-refractivity contribution in [2.75, 3.05) is 33.7 Å². The fraction of sp³-hybridized carbons (Fsp3) is 0.600. The Morgan fingerprint density at radius 1 is 1.20 bits per heavy atom. The highest BCUT2D eigenvalue weighted by molar-refractivity contribution is 5.89. The first kappa shape index (κ1) is 17.9. The number of piperidine rings is 1. The molecule has 0 N–H and O–H groups in total. The van der Waals surface area contributed by atoms with Gasteiger partial charge in [0.2, 0.25) is 11.8 Å². The zero-order valence-electron chi connectivity index (χ0n) is 15.5. The second-order valence-electron chi connectivity index (χ2n) is 7.52. The van der Waals surface area contributed by atoms with Gasteiger partial charge in [-0.05, 0) is 45.5 Å². The lowest BCUT2D eigenvalue weighted by Gasteiger charge is -2.36. The van der Waals surface area contributed by atoms with Gasteiger partial charge in [0.25, 0.3) is 0 Å². The van der Waals surface area contributed by atoms with Crippen molar-refractivity contribution in [1.29, 1.82) is 0 Å². The van der Waals surface area contributed by atoms with Gasteiger partial charge in [-0.15, -0.1) is 0 Å². The van der Waals surface area contributed by atoms with Crippen LogP contribution in [0.4, 0.5) is 0 Å². The third kappa shape index (κ3) is 3.87. The summed E-state index contributed by atoms with van der Waals surface area (Å²) in [5, 5.41) is 0. The monoisotopic (exact) mass is 343 g/mol. The standard InChI is InChI=1S/C20H29N3O2/c1-15(16-7-5-4-6-8-16)23-14-17(13-19(23)24)20(25)22(3)18-9-11-21(2)12-10-18/h4-8,15,17-18H,9-14H2,1-3H3/t15-,17-/m1/s1. The van der Waals surface area contributed by atoms with Crippen LogP contribution in [0.25, 0.3) is 0 Å². The summed E-state index contributed by atoms with van der Waals surface area (Å²) in [4.78, 5) is 31.5. The van der Waals surface area contributed by atoms with E-state index in [0.29, 0.717) is 19.0 Å². The van der Waals surface area contributed by atoms with Gasteiger partial charge >= 0.3 is 0 Å². The van der Waals surface area contributed by atoms with Crippen molar-refractivity contribution in [3.8, 4) is 0 Å². The Hall–Kier alpha value is -1.88. The molecule has 1 aromatic carbocycles. The molecular weight excluding hydrogens is 314 g/mol. The van der Waals surface area contributed by atoms with Crippen LogP contribution in [0.15, 0.2) is 30.3 Å². The molecule has 0 spiro atoms. The van der Waals surface area contributed by atoms with Crippen molar-refractivity contribution in [2.45, 2.75) is 38.3 Å². The number of rotatable bonds is 4. The van der Waals surface area contributed by atoms with Crippen LogP contribution >= 0.6 is 0 Å². The van der Waals surface area contributed by atoms with E-state index < -0.39 is 0 Å². The second kappa shape index (κ2) is 7.56. The average Bonchev–Trinajstić information content (AvgIpc) is 3.03. The molecule has 2 atom stereocenters. The van der Waals surface area contributed by atoms with Gasteiger partial charge in [-0.1, -0.05) is 30.3 Å². The third-order valence-electron chi connectivity index (χ3n) is 5.84. The molecule has 2 fully saturated rings. The Balaban J connectivity index is 1.62. The number of carbonyl (C=O) groups excluding carboxylic acids is 2. The molecule has 0 aromatic heterocycles. The number of benzene rings is 1. The summed E-state index contributed by atoms with van der Waals surface area (Å²) in [6, 6.07) is 10.4. The molecule has 5 nitrogen and oxygen atoms in total. The quantitative estimate of drug-likeness (QED) is 0.841. The molecule has 0 unspecified atom stereocenters. The number of nitrogens with zero attached hydrogens (tertiary/aromatic N) is 3. The maximum atomic E-state index is 12.9. The van der Waals surface area contributed by atoms with Gasteiger partial charge in [-0.3, -0.25) is 9.59 Å². The predicted molar refractivity (Wildman–Crippen MR) is 98.0 cm³/mol. The van der Waals surface area contributed by atoms with Gasteiger partial charge < -0.3 is 14.7 Å². The Morgan fingerprint density at radius 2 is 1.84 bits per heavy atom. The van der Waals surface area contributed by atoms with Crippen LogP contribution in [0, 0.1) is 5.92 Å². The van der Waals surface area contributed by atoms with Crippen molar-refractivity contribution in [3.05, 3.63) is 35.9 Å². The molecule has 136 valence electrons. The summed E-state index contributed by atoms with van der Waals surface area (Å²) < 4.78 is 0. The molecule has 1 aromatic rings. The van der Waals surface area contributed by atoms with Gasteiger partial charge in [0.1, 0.15) is 0 Å². The highest BCUT2D eigenvalue weighted by atomic mass is 16.2. The Morgan fingerprint density at radius 3 is 2.48 bits per heavy atom. The normalized spacial score (nSPS) is 23.7. The van der Waals surface area contributed by atoms with Crippen LogP contribution in [-0.4, -0.2) is 66.3 Å². The zero-order valence-corrected chi connectivity index (χ0v) is 15.5. The highest BCUT2D eigenvalue weighted by Gasteiger charge is 2.39. The summed E-state index contributed by atoms with van der Waals surface area (Å²) in [6.45, 7) is 4.64. The van der Waals surface area contributed by atoms with E-state index in [0.717, 1.165) is 31.5 Å². The lowest BCUT2D eigenvalue weighted by atomic mass is 10.0. The van der Waals surface area contributed by atoms with E-state index in [1.807, 2.05) is 54.1 Å². The van der Waals surface area contributed by atoms with Crippen LogP contribution < -0.4 is 0 Å². The van der Waals surface area contributed by atoms with Crippen LogP contribution in [0.2, 0.25) is 0 Å². The summed E-state index contributed by atoms with van der Waals surface area (Å²) in [5.41, 5.74) is 1.12. The van der Waals surface area contributed by atoms with Gasteiger partial charge in [0.15, 0.2) is 0 Å². The van der Waals surface area contributed by atoms with E-state index in [2.05, 4.69) is 11.9 Å². The maximum Gasteiger partial charge on any atom is 0.227 e. The van der Waals surface area contributed by atoms with Crippen molar-refractivity contribution in [1.82, 2.24) is 14.7 Å². The maximum absolute atomic E-state index is 12.9. The first-order valence-corrected chi connectivity index (χ1v) is 9.27. The number of hydrogen-bond acceptors (Lipinski definition) is 3. The molecule has 2 aliphatic rings.